The molecule has 1 N–H and O–H groups in total. The number of aliphatic hydroxyl groups is 1. The Balaban J connectivity index is 1.30. The van der Waals surface area contributed by atoms with Crippen LogP contribution < -0.4 is 0 Å². The zero-order chi connectivity index (χ0) is 26.2. The van der Waals surface area contributed by atoms with Gasteiger partial charge in [0.15, 0.2) is 0 Å². The molecule has 1 aliphatic heterocycles. The molecular weight excluding hydrogens is 468 g/mol. The Labute approximate surface area is 219 Å². The summed E-state index contributed by atoms with van der Waals surface area (Å²) < 4.78 is 11.6. The van der Waals surface area contributed by atoms with Crippen LogP contribution in [0, 0.1) is 5.92 Å². The topological polar surface area (TPSA) is 79.3 Å². The molecule has 0 radical (unpaired) electrons. The lowest BCUT2D eigenvalue weighted by Crippen LogP contribution is -2.61. The molecule has 2 aromatic carbocycles. The van der Waals surface area contributed by atoms with Crippen molar-refractivity contribution in [3.8, 4) is 11.1 Å². The molecule has 3 aliphatic rings. The Morgan fingerprint density at radius 3 is 2.08 bits per heavy atom. The molecule has 5 rings (SSSR count). The molecule has 0 spiro atoms. The first-order chi connectivity index (χ1) is 17.7. The van der Waals surface area contributed by atoms with E-state index in [1.54, 1.807) is 9.80 Å². The smallest absolute Gasteiger partial charge is 0.410 e. The maximum atomic E-state index is 13.6. The van der Waals surface area contributed by atoms with Gasteiger partial charge in [-0.3, -0.25) is 4.90 Å². The zero-order valence-electron chi connectivity index (χ0n) is 22.1. The first-order valence-corrected chi connectivity index (χ1v) is 13.4. The summed E-state index contributed by atoms with van der Waals surface area (Å²) in [6.45, 7) is 7.06. The van der Waals surface area contributed by atoms with E-state index in [0.717, 1.165) is 12.8 Å². The van der Waals surface area contributed by atoms with Gasteiger partial charge >= 0.3 is 12.2 Å². The molecule has 1 heterocycles. The standard InChI is InChI=1S/C30H38N2O5/c1-29(2,3)37-27(34)31-16-14-30(20-33,15-17-31)32(18-21-12-13-21)28(35)36-19-26-24-10-6-4-8-22(24)23-9-5-7-11-25(23)26/h4-11,21,26,33H,12-20H2,1-3H3. The average molecular weight is 507 g/mol. The van der Waals surface area contributed by atoms with Gasteiger partial charge in [0.2, 0.25) is 0 Å². The first kappa shape index (κ1) is 25.6. The Morgan fingerprint density at radius 2 is 1.57 bits per heavy atom. The molecule has 37 heavy (non-hydrogen) atoms. The third kappa shape index (κ3) is 5.33. The lowest BCUT2D eigenvalue weighted by molar-refractivity contribution is -0.0298. The van der Waals surface area contributed by atoms with E-state index in [9.17, 15) is 14.7 Å². The van der Waals surface area contributed by atoms with Crippen molar-refractivity contribution in [2.45, 2.75) is 63.5 Å². The Kier molecular flexibility index (Phi) is 6.92. The van der Waals surface area contributed by atoms with Crippen molar-refractivity contribution in [3.63, 3.8) is 0 Å². The maximum Gasteiger partial charge on any atom is 0.410 e. The van der Waals surface area contributed by atoms with Crippen molar-refractivity contribution in [1.29, 1.82) is 0 Å². The van der Waals surface area contributed by atoms with Gasteiger partial charge in [0, 0.05) is 25.6 Å². The number of hydrogen-bond acceptors (Lipinski definition) is 5. The molecule has 2 aliphatic carbocycles. The van der Waals surface area contributed by atoms with Crippen LogP contribution >= 0.6 is 0 Å². The summed E-state index contributed by atoms with van der Waals surface area (Å²) in [6, 6.07) is 16.6. The SMILES string of the molecule is CC(C)(C)OC(=O)N1CCC(CO)(N(CC2CC2)C(=O)OCC2c3ccccc3-c3ccccc32)CC1. The summed E-state index contributed by atoms with van der Waals surface area (Å²) in [6.07, 6.45) is 2.40. The van der Waals surface area contributed by atoms with Crippen LogP contribution in [0.5, 0.6) is 0 Å². The lowest BCUT2D eigenvalue weighted by atomic mass is 9.86. The normalized spacial score (nSPS) is 18.6. The summed E-state index contributed by atoms with van der Waals surface area (Å²) >= 11 is 0. The third-order valence-electron chi connectivity index (χ3n) is 7.91. The van der Waals surface area contributed by atoms with Crippen molar-refractivity contribution < 1.29 is 24.2 Å². The Hall–Kier alpha value is -3.06. The van der Waals surface area contributed by atoms with E-state index in [1.807, 2.05) is 45.0 Å². The predicted octanol–water partition coefficient (Wildman–Crippen LogP) is 5.41. The van der Waals surface area contributed by atoms with E-state index in [0.29, 0.717) is 38.4 Å². The van der Waals surface area contributed by atoms with Gasteiger partial charge < -0.3 is 19.5 Å². The number of amides is 2. The molecule has 0 aromatic heterocycles. The largest absolute Gasteiger partial charge is 0.448 e. The summed E-state index contributed by atoms with van der Waals surface area (Å²) in [7, 11) is 0. The molecule has 7 heteroatoms. The van der Waals surface area contributed by atoms with E-state index in [1.165, 1.54) is 22.3 Å². The van der Waals surface area contributed by atoms with Crippen LogP contribution in [0.3, 0.4) is 0 Å². The van der Waals surface area contributed by atoms with Gasteiger partial charge in [-0.05, 0) is 74.6 Å². The number of benzene rings is 2. The third-order valence-corrected chi connectivity index (χ3v) is 7.91. The number of fused-ring (bicyclic) bond motifs is 3. The van der Waals surface area contributed by atoms with E-state index >= 15 is 0 Å². The number of hydrogen-bond donors (Lipinski definition) is 1. The van der Waals surface area contributed by atoms with Crippen molar-refractivity contribution in [3.05, 3.63) is 59.7 Å². The fourth-order valence-electron chi connectivity index (χ4n) is 5.64. The number of aliphatic hydroxyl groups excluding tert-OH is 1. The summed E-state index contributed by atoms with van der Waals surface area (Å²) in [5.74, 6) is 0.422. The van der Waals surface area contributed by atoms with E-state index in [2.05, 4.69) is 24.3 Å². The highest BCUT2D eigenvalue weighted by Crippen LogP contribution is 2.45. The van der Waals surface area contributed by atoms with E-state index in [-0.39, 0.29) is 31.3 Å². The summed E-state index contributed by atoms with van der Waals surface area (Å²) in [5.41, 5.74) is 3.41. The molecule has 0 atom stereocenters. The molecule has 2 amide bonds. The minimum Gasteiger partial charge on any atom is -0.448 e. The minimum atomic E-state index is -0.746. The van der Waals surface area contributed by atoms with Gasteiger partial charge in [0.05, 0.1) is 12.1 Å². The summed E-state index contributed by atoms with van der Waals surface area (Å²) in [5, 5.41) is 10.6. The number of carbonyl (C=O) groups excluding carboxylic acids is 2. The highest BCUT2D eigenvalue weighted by atomic mass is 16.6. The number of nitrogens with zero attached hydrogens (tertiary/aromatic N) is 2. The van der Waals surface area contributed by atoms with Crippen LogP contribution in [-0.4, -0.2) is 71.1 Å². The quantitative estimate of drug-likeness (QED) is 0.567. The van der Waals surface area contributed by atoms with Crippen molar-refractivity contribution in [2.24, 2.45) is 5.92 Å². The number of carbonyl (C=O) groups is 2. The highest BCUT2D eigenvalue weighted by Gasteiger charge is 2.46. The highest BCUT2D eigenvalue weighted by molar-refractivity contribution is 5.79. The second-order valence-electron chi connectivity index (χ2n) is 11.7. The average Bonchev–Trinajstić information content (AvgIpc) is 3.66. The lowest BCUT2D eigenvalue weighted by Gasteiger charge is -2.47. The van der Waals surface area contributed by atoms with Gasteiger partial charge in [-0.25, -0.2) is 9.59 Å². The van der Waals surface area contributed by atoms with Gasteiger partial charge in [-0.2, -0.15) is 0 Å². The molecule has 0 bridgehead atoms. The fraction of sp³-hybridized carbons (Fsp3) is 0.533. The van der Waals surface area contributed by atoms with Gasteiger partial charge in [-0.1, -0.05) is 48.5 Å². The summed E-state index contributed by atoms with van der Waals surface area (Å²) in [4.78, 5) is 29.7. The van der Waals surface area contributed by atoms with Crippen LogP contribution in [-0.2, 0) is 9.47 Å². The van der Waals surface area contributed by atoms with Crippen molar-refractivity contribution in [1.82, 2.24) is 9.80 Å². The molecule has 198 valence electrons. The van der Waals surface area contributed by atoms with Crippen molar-refractivity contribution in [2.75, 3.05) is 32.8 Å². The van der Waals surface area contributed by atoms with E-state index in [4.69, 9.17) is 9.47 Å². The molecule has 1 saturated heterocycles. The molecule has 2 aromatic rings. The molecule has 2 fully saturated rings. The van der Waals surface area contributed by atoms with Gasteiger partial charge in [0.25, 0.3) is 0 Å². The van der Waals surface area contributed by atoms with Crippen LogP contribution in [0.25, 0.3) is 11.1 Å². The van der Waals surface area contributed by atoms with Crippen molar-refractivity contribution >= 4 is 12.2 Å². The van der Waals surface area contributed by atoms with Crippen LogP contribution in [0.2, 0.25) is 0 Å². The predicted molar refractivity (Wildman–Crippen MR) is 141 cm³/mol. The van der Waals surface area contributed by atoms with Gasteiger partial charge in [0.1, 0.15) is 12.2 Å². The minimum absolute atomic E-state index is 0.0155. The van der Waals surface area contributed by atoms with Gasteiger partial charge in [-0.15, -0.1) is 0 Å². The number of piperidine rings is 1. The molecule has 7 nitrogen and oxygen atoms in total. The molecular formula is C30H38N2O5. The second kappa shape index (κ2) is 10.0. The Bertz CT molecular complexity index is 1100. The number of ether oxygens (including phenoxy) is 2. The van der Waals surface area contributed by atoms with Crippen LogP contribution in [0.1, 0.15) is 63.5 Å². The molecule has 1 saturated carbocycles. The Morgan fingerprint density at radius 1 is 1.00 bits per heavy atom. The monoisotopic (exact) mass is 506 g/mol. The zero-order valence-corrected chi connectivity index (χ0v) is 22.1. The maximum absolute atomic E-state index is 13.6. The first-order valence-electron chi connectivity index (χ1n) is 13.4. The number of likely N-dealkylation sites (tertiary alicyclic amines) is 1. The fourth-order valence-corrected chi connectivity index (χ4v) is 5.64. The second-order valence-corrected chi connectivity index (χ2v) is 11.7. The van der Waals surface area contributed by atoms with Crippen LogP contribution in [0.15, 0.2) is 48.5 Å². The van der Waals surface area contributed by atoms with E-state index < -0.39 is 11.1 Å². The number of rotatable bonds is 6. The molecule has 0 unspecified atom stereocenters. The van der Waals surface area contributed by atoms with Crippen LogP contribution in [0.4, 0.5) is 9.59 Å².